The van der Waals surface area contributed by atoms with Crippen molar-refractivity contribution < 1.29 is 19.8 Å². The molecule has 3 atom stereocenters. The normalized spacial score (nSPS) is 30.0. The van der Waals surface area contributed by atoms with E-state index in [9.17, 15) is 14.7 Å². The second-order valence-corrected chi connectivity index (χ2v) is 6.25. The molecule has 21 heavy (non-hydrogen) atoms. The van der Waals surface area contributed by atoms with Crippen LogP contribution in [0.2, 0.25) is 0 Å². The van der Waals surface area contributed by atoms with Crippen molar-refractivity contribution >= 4 is 12.0 Å². The molecule has 2 amide bonds. The summed E-state index contributed by atoms with van der Waals surface area (Å²) in [5, 5.41) is 21.2. The summed E-state index contributed by atoms with van der Waals surface area (Å²) in [5.74, 6) is -0.903. The molecule has 0 bridgehead atoms. The number of likely N-dealkylation sites (tertiary alicyclic amines) is 1. The number of aliphatic hydroxyl groups is 1. The Kier molecular flexibility index (Phi) is 5.85. The minimum Gasteiger partial charge on any atom is -0.481 e. The molecule has 3 unspecified atom stereocenters. The molecule has 0 aromatic rings. The predicted octanol–water partition coefficient (Wildman–Crippen LogP) is 1.43. The van der Waals surface area contributed by atoms with E-state index in [0.29, 0.717) is 25.4 Å². The molecule has 6 nitrogen and oxygen atoms in total. The summed E-state index contributed by atoms with van der Waals surface area (Å²) >= 11 is 0. The third-order valence-corrected chi connectivity index (χ3v) is 4.75. The maximum Gasteiger partial charge on any atom is 0.317 e. The molecule has 120 valence electrons. The van der Waals surface area contributed by atoms with Crippen LogP contribution in [0.25, 0.3) is 0 Å². The standard InChI is InChI=1S/C15H26N2O4/c18-9-7-11-6-8-17(10-11)15(21)16-13-5-3-1-2-4-12(13)14(19)20/h11-13,18H,1-10H2,(H,16,21)(H,19,20). The monoisotopic (exact) mass is 298 g/mol. The van der Waals surface area contributed by atoms with E-state index in [0.717, 1.165) is 38.5 Å². The van der Waals surface area contributed by atoms with E-state index in [1.165, 1.54) is 0 Å². The van der Waals surface area contributed by atoms with Crippen LogP contribution in [0.1, 0.15) is 44.9 Å². The first-order valence-electron chi connectivity index (χ1n) is 8.01. The van der Waals surface area contributed by atoms with Gasteiger partial charge in [-0.05, 0) is 31.6 Å². The zero-order valence-corrected chi connectivity index (χ0v) is 12.5. The Morgan fingerprint density at radius 2 is 1.90 bits per heavy atom. The molecule has 1 aliphatic heterocycles. The Morgan fingerprint density at radius 1 is 1.14 bits per heavy atom. The summed E-state index contributed by atoms with van der Waals surface area (Å²) < 4.78 is 0. The van der Waals surface area contributed by atoms with Crippen LogP contribution in [0, 0.1) is 11.8 Å². The van der Waals surface area contributed by atoms with Gasteiger partial charge in [-0.1, -0.05) is 19.3 Å². The maximum atomic E-state index is 12.3. The molecule has 2 fully saturated rings. The summed E-state index contributed by atoms with van der Waals surface area (Å²) in [6, 6.07) is -0.400. The first kappa shape index (κ1) is 16.1. The van der Waals surface area contributed by atoms with Crippen LogP contribution in [0.4, 0.5) is 4.79 Å². The van der Waals surface area contributed by atoms with Gasteiger partial charge in [0.05, 0.1) is 5.92 Å². The Morgan fingerprint density at radius 3 is 2.62 bits per heavy atom. The zero-order valence-electron chi connectivity index (χ0n) is 12.5. The number of rotatable bonds is 4. The van der Waals surface area contributed by atoms with Gasteiger partial charge in [-0.3, -0.25) is 4.79 Å². The topological polar surface area (TPSA) is 89.9 Å². The number of aliphatic hydroxyl groups excluding tert-OH is 1. The summed E-state index contributed by atoms with van der Waals surface area (Å²) in [5.41, 5.74) is 0. The Balaban J connectivity index is 1.89. The van der Waals surface area contributed by atoms with E-state index in [1.807, 2.05) is 0 Å². The van der Waals surface area contributed by atoms with E-state index >= 15 is 0 Å². The second-order valence-electron chi connectivity index (χ2n) is 6.25. The lowest BCUT2D eigenvalue weighted by Crippen LogP contribution is -2.48. The number of nitrogens with one attached hydrogen (secondary N) is 1. The third-order valence-electron chi connectivity index (χ3n) is 4.75. The summed E-state index contributed by atoms with van der Waals surface area (Å²) in [4.78, 5) is 25.4. The predicted molar refractivity (Wildman–Crippen MR) is 77.9 cm³/mol. The number of hydrogen-bond donors (Lipinski definition) is 3. The largest absolute Gasteiger partial charge is 0.481 e. The number of hydrogen-bond acceptors (Lipinski definition) is 3. The molecule has 0 spiro atoms. The van der Waals surface area contributed by atoms with E-state index < -0.39 is 11.9 Å². The van der Waals surface area contributed by atoms with Gasteiger partial charge in [0.15, 0.2) is 0 Å². The van der Waals surface area contributed by atoms with Crippen molar-refractivity contribution in [2.45, 2.75) is 51.0 Å². The van der Waals surface area contributed by atoms with E-state index in [4.69, 9.17) is 5.11 Å². The molecule has 2 aliphatic rings. The molecule has 6 heteroatoms. The van der Waals surface area contributed by atoms with Crippen LogP contribution in [0.5, 0.6) is 0 Å². The van der Waals surface area contributed by atoms with Crippen LogP contribution in [0.15, 0.2) is 0 Å². The quantitative estimate of drug-likeness (QED) is 0.685. The number of carboxylic acids is 1. The molecule has 0 radical (unpaired) electrons. The van der Waals surface area contributed by atoms with Gasteiger partial charge in [-0.2, -0.15) is 0 Å². The number of urea groups is 1. The van der Waals surface area contributed by atoms with Gasteiger partial charge in [0.2, 0.25) is 0 Å². The summed E-state index contributed by atoms with van der Waals surface area (Å²) in [6.07, 6.45) is 5.97. The van der Waals surface area contributed by atoms with Gasteiger partial charge in [0.25, 0.3) is 0 Å². The highest BCUT2D eigenvalue weighted by Gasteiger charge is 2.33. The molecule has 1 heterocycles. The first-order valence-corrected chi connectivity index (χ1v) is 8.01. The Bertz CT molecular complexity index is 375. The molecular weight excluding hydrogens is 272 g/mol. The first-order chi connectivity index (χ1) is 10.1. The highest BCUT2D eigenvalue weighted by atomic mass is 16.4. The molecule has 3 N–H and O–H groups in total. The number of amides is 2. The molecule has 1 aliphatic carbocycles. The molecule has 2 rings (SSSR count). The Labute approximate surface area is 125 Å². The second kappa shape index (κ2) is 7.64. The van der Waals surface area contributed by atoms with Gasteiger partial charge in [0, 0.05) is 25.7 Å². The number of carbonyl (C=O) groups excluding carboxylic acids is 1. The highest BCUT2D eigenvalue weighted by Crippen LogP contribution is 2.25. The SMILES string of the molecule is O=C(O)C1CCCCCC1NC(=O)N1CCC(CCO)C1. The lowest BCUT2D eigenvalue weighted by atomic mass is 9.95. The highest BCUT2D eigenvalue weighted by molar-refractivity contribution is 5.77. The fourth-order valence-electron chi connectivity index (χ4n) is 3.46. The summed E-state index contributed by atoms with van der Waals surface area (Å²) in [7, 11) is 0. The smallest absolute Gasteiger partial charge is 0.317 e. The number of aliphatic carboxylic acids is 1. The van der Waals surface area contributed by atoms with Crippen LogP contribution in [-0.2, 0) is 4.79 Å². The van der Waals surface area contributed by atoms with Gasteiger partial charge in [-0.15, -0.1) is 0 Å². The number of carboxylic acid groups (broad SMARTS) is 1. The average molecular weight is 298 g/mol. The zero-order chi connectivity index (χ0) is 15.2. The Hall–Kier alpha value is -1.30. The average Bonchev–Trinajstić information content (AvgIpc) is 2.78. The third kappa shape index (κ3) is 4.33. The number of carbonyl (C=O) groups is 2. The minimum absolute atomic E-state index is 0.145. The molecule has 0 aromatic carbocycles. The van der Waals surface area contributed by atoms with Gasteiger partial charge < -0.3 is 20.4 Å². The molecular formula is C15H26N2O4. The lowest BCUT2D eigenvalue weighted by Gasteiger charge is -2.26. The fraction of sp³-hybridized carbons (Fsp3) is 0.867. The molecule has 0 aromatic heterocycles. The number of nitrogens with zero attached hydrogens (tertiary/aromatic N) is 1. The van der Waals surface area contributed by atoms with Crippen LogP contribution in [-0.4, -0.2) is 52.9 Å². The van der Waals surface area contributed by atoms with E-state index in [2.05, 4.69) is 5.32 Å². The van der Waals surface area contributed by atoms with Crippen LogP contribution < -0.4 is 5.32 Å². The minimum atomic E-state index is -0.804. The van der Waals surface area contributed by atoms with Crippen molar-refractivity contribution in [3.63, 3.8) is 0 Å². The van der Waals surface area contributed by atoms with Crippen molar-refractivity contribution in [1.82, 2.24) is 10.2 Å². The molecule has 1 saturated heterocycles. The van der Waals surface area contributed by atoms with Crippen molar-refractivity contribution in [2.75, 3.05) is 19.7 Å². The van der Waals surface area contributed by atoms with Crippen molar-refractivity contribution in [1.29, 1.82) is 0 Å². The molecule has 1 saturated carbocycles. The van der Waals surface area contributed by atoms with Crippen LogP contribution >= 0.6 is 0 Å². The van der Waals surface area contributed by atoms with Gasteiger partial charge in [-0.25, -0.2) is 4.79 Å². The fourth-order valence-corrected chi connectivity index (χ4v) is 3.46. The van der Waals surface area contributed by atoms with E-state index in [1.54, 1.807) is 4.90 Å². The van der Waals surface area contributed by atoms with Gasteiger partial charge >= 0.3 is 12.0 Å². The van der Waals surface area contributed by atoms with Crippen molar-refractivity contribution in [3.05, 3.63) is 0 Å². The van der Waals surface area contributed by atoms with E-state index in [-0.39, 0.29) is 18.7 Å². The van der Waals surface area contributed by atoms with Crippen molar-refractivity contribution in [3.8, 4) is 0 Å². The summed E-state index contributed by atoms with van der Waals surface area (Å²) in [6.45, 7) is 1.52. The van der Waals surface area contributed by atoms with Crippen molar-refractivity contribution in [2.24, 2.45) is 11.8 Å². The van der Waals surface area contributed by atoms with Crippen LogP contribution in [0.3, 0.4) is 0 Å². The lowest BCUT2D eigenvalue weighted by molar-refractivity contribution is -0.142. The maximum absolute atomic E-state index is 12.3. The van der Waals surface area contributed by atoms with Gasteiger partial charge in [0.1, 0.15) is 0 Å².